The third-order valence-electron chi connectivity index (χ3n) is 4.65. The Morgan fingerprint density at radius 2 is 2.00 bits per heavy atom. The highest BCUT2D eigenvalue weighted by Gasteiger charge is 2.44. The van der Waals surface area contributed by atoms with Crippen LogP contribution in [0.5, 0.6) is 0 Å². The molecule has 0 radical (unpaired) electrons. The smallest absolute Gasteiger partial charge is 0.275 e. The van der Waals surface area contributed by atoms with E-state index in [4.69, 9.17) is 0 Å². The van der Waals surface area contributed by atoms with Gasteiger partial charge in [-0.15, -0.1) is 5.10 Å². The van der Waals surface area contributed by atoms with Crippen molar-refractivity contribution in [3.05, 3.63) is 23.8 Å². The molecule has 3 heterocycles. The van der Waals surface area contributed by atoms with E-state index in [9.17, 15) is 4.79 Å². The summed E-state index contributed by atoms with van der Waals surface area (Å²) in [7, 11) is 2.13. The predicted octanol–water partition coefficient (Wildman–Crippen LogP) is 0.988. The second kappa shape index (κ2) is 4.38. The molecule has 2 fully saturated rings. The maximum absolute atomic E-state index is 12.9. The summed E-state index contributed by atoms with van der Waals surface area (Å²) in [6.07, 6.45) is 9.00. The summed E-state index contributed by atoms with van der Waals surface area (Å²) < 4.78 is 0. The molecule has 20 heavy (non-hydrogen) atoms. The lowest BCUT2D eigenvalue weighted by Crippen LogP contribution is -2.56. The molecule has 5 nitrogen and oxygen atoms in total. The van der Waals surface area contributed by atoms with Gasteiger partial charge in [0.1, 0.15) is 0 Å². The Bertz CT molecular complexity index is 573. The molecule has 2 unspecified atom stereocenters. The van der Waals surface area contributed by atoms with Crippen molar-refractivity contribution in [2.45, 2.75) is 31.3 Å². The van der Waals surface area contributed by atoms with Crippen LogP contribution in [0.2, 0.25) is 0 Å². The van der Waals surface area contributed by atoms with Crippen LogP contribution in [0.1, 0.15) is 19.3 Å². The lowest BCUT2D eigenvalue weighted by atomic mass is 9.97. The molecule has 4 rings (SSSR count). The number of likely N-dealkylation sites (tertiary alicyclic amines) is 1. The van der Waals surface area contributed by atoms with Gasteiger partial charge in [0.15, 0.2) is 5.71 Å². The van der Waals surface area contributed by atoms with Crippen molar-refractivity contribution in [3.63, 3.8) is 0 Å². The van der Waals surface area contributed by atoms with E-state index in [1.807, 2.05) is 18.2 Å². The van der Waals surface area contributed by atoms with Crippen molar-refractivity contribution in [1.29, 1.82) is 0 Å². The van der Waals surface area contributed by atoms with E-state index in [1.165, 1.54) is 0 Å². The van der Waals surface area contributed by atoms with Crippen LogP contribution in [0.3, 0.4) is 0 Å². The number of piperazine rings is 1. The fourth-order valence-electron chi connectivity index (χ4n) is 3.75. The molecule has 1 aliphatic carbocycles. The van der Waals surface area contributed by atoms with E-state index in [2.05, 4.69) is 27.1 Å². The largest absolute Gasteiger partial charge is 0.329 e. The molecule has 0 aromatic rings. The van der Waals surface area contributed by atoms with Gasteiger partial charge in [0.05, 0.1) is 5.71 Å². The molecule has 0 aromatic heterocycles. The van der Waals surface area contributed by atoms with Crippen LogP contribution in [-0.2, 0) is 4.79 Å². The molecule has 5 heteroatoms. The van der Waals surface area contributed by atoms with Gasteiger partial charge in [-0.05, 0) is 19.9 Å². The van der Waals surface area contributed by atoms with Crippen molar-refractivity contribution in [3.8, 4) is 0 Å². The normalized spacial score (nSPS) is 31.9. The summed E-state index contributed by atoms with van der Waals surface area (Å²) in [5.41, 5.74) is 2.40. The molecule has 0 aromatic carbocycles. The topological polar surface area (TPSA) is 48.3 Å². The minimum Gasteiger partial charge on any atom is -0.329 e. The number of amides is 1. The van der Waals surface area contributed by atoms with Gasteiger partial charge in [-0.25, -0.2) is 0 Å². The van der Waals surface area contributed by atoms with Crippen LogP contribution >= 0.6 is 0 Å². The van der Waals surface area contributed by atoms with Gasteiger partial charge in [0.2, 0.25) is 0 Å². The van der Waals surface area contributed by atoms with Gasteiger partial charge in [0, 0.05) is 37.2 Å². The summed E-state index contributed by atoms with van der Waals surface area (Å²) in [5.74, 6) is 0.0749. The van der Waals surface area contributed by atoms with Crippen molar-refractivity contribution in [1.82, 2.24) is 9.80 Å². The van der Waals surface area contributed by atoms with Crippen LogP contribution in [0.25, 0.3) is 0 Å². The molecule has 3 aliphatic heterocycles. The average molecular weight is 270 g/mol. The van der Waals surface area contributed by atoms with Crippen molar-refractivity contribution >= 4 is 17.3 Å². The van der Waals surface area contributed by atoms with Gasteiger partial charge in [-0.2, -0.15) is 5.10 Å². The van der Waals surface area contributed by atoms with Crippen LogP contribution in [0.4, 0.5) is 0 Å². The maximum Gasteiger partial charge on any atom is 0.275 e. The van der Waals surface area contributed by atoms with E-state index in [1.54, 1.807) is 0 Å². The molecule has 2 saturated heterocycles. The zero-order valence-electron chi connectivity index (χ0n) is 11.6. The number of allylic oxidation sites excluding steroid dienone is 3. The van der Waals surface area contributed by atoms with Gasteiger partial charge in [-0.3, -0.25) is 4.79 Å². The first-order chi connectivity index (χ1) is 9.74. The molecule has 0 spiro atoms. The van der Waals surface area contributed by atoms with E-state index in [0.29, 0.717) is 17.8 Å². The SMILES string of the molecule is CN1CC2CCC(C1)N2C(=O)C1=NN=C2CC=CC=C21. The van der Waals surface area contributed by atoms with Gasteiger partial charge >= 0.3 is 0 Å². The van der Waals surface area contributed by atoms with Gasteiger partial charge in [-0.1, -0.05) is 18.2 Å². The summed E-state index contributed by atoms with van der Waals surface area (Å²) in [4.78, 5) is 17.3. The van der Waals surface area contributed by atoms with E-state index < -0.39 is 0 Å². The molecular weight excluding hydrogens is 252 g/mol. The van der Waals surface area contributed by atoms with Crippen LogP contribution in [0, 0.1) is 0 Å². The quantitative estimate of drug-likeness (QED) is 0.713. The van der Waals surface area contributed by atoms with E-state index >= 15 is 0 Å². The van der Waals surface area contributed by atoms with E-state index in [0.717, 1.165) is 43.6 Å². The third-order valence-corrected chi connectivity index (χ3v) is 4.65. The molecule has 2 atom stereocenters. The Labute approximate surface area is 118 Å². The number of carbonyl (C=O) groups excluding carboxylic acids is 1. The number of nitrogens with zero attached hydrogens (tertiary/aromatic N) is 4. The zero-order chi connectivity index (χ0) is 13.7. The fraction of sp³-hybridized carbons (Fsp3) is 0.533. The maximum atomic E-state index is 12.9. The molecule has 104 valence electrons. The first kappa shape index (κ1) is 12.0. The summed E-state index contributed by atoms with van der Waals surface area (Å²) in [5, 5.41) is 8.33. The zero-order valence-corrected chi connectivity index (χ0v) is 11.6. The Morgan fingerprint density at radius 1 is 1.25 bits per heavy atom. The molecule has 1 amide bonds. The second-order valence-electron chi connectivity index (χ2n) is 6.03. The average Bonchev–Trinajstić information content (AvgIpc) is 2.98. The van der Waals surface area contributed by atoms with Crippen molar-refractivity contribution < 1.29 is 4.79 Å². The first-order valence-electron chi connectivity index (χ1n) is 7.27. The minimum absolute atomic E-state index is 0.0749. The monoisotopic (exact) mass is 270 g/mol. The number of hydrogen-bond donors (Lipinski definition) is 0. The van der Waals surface area contributed by atoms with Gasteiger partial charge in [0.25, 0.3) is 5.91 Å². The lowest BCUT2D eigenvalue weighted by molar-refractivity contribution is -0.129. The Kier molecular flexibility index (Phi) is 2.63. The molecule has 4 aliphatic rings. The van der Waals surface area contributed by atoms with Crippen molar-refractivity contribution in [2.24, 2.45) is 10.2 Å². The van der Waals surface area contributed by atoms with Crippen LogP contribution < -0.4 is 0 Å². The highest BCUT2D eigenvalue weighted by atomic mass is 16.2. The van der Waals surface area contributed by atoms with Gasteiger partial charge < -0.3 is 9.80 Å². The minimum atomic E-state index is 0.0749. The highest BCUT2D eigenvalue weighted by Crippen LogP contribution is 2.31. The Balaban J connectivity index is 1.60. The first-order valence-corrected chi connectivity index (χ1v) is 7.27. The number of likely N-dealkylation sites (N-methyl/N-ethyl adjacent to an activating group) is 1. The standard InChI is InChI=1S/C15H18N4O/c1-18-8-10-6-7-11(9-18)19(10)15(20)14-12-4-2-3-5-13(12)16-17-14/h2-4,10-11H,5-9H2,1H3. The molecule has 2 bridgehead atoms. The number of rotatable bonds is 1. The van der Waals surface area contributed by atoms with Crippen LogP contribution in [-0.4, -0.2) is 59.4 Å². The Hall–Kier alpha value is -1.75. The van der Waals surface area contributed by atoms with Crippen molar-refractivity contribution in [2.75, 3.05) is 20.1 Å². The Morgan fingerprint density at radius 3 is 2.75 bits per heavy atom. The fourth-order valence-corrected chi connectivity index (χ4v) is 3.75. The molecule has 0 N–H and O–H groups in total. The summed E-state index contributed by atoms with van der Waals surface area (Å²) >= 11 is 0. The number of hydrogen-bond acceptors (Lipinski definition) is 4. The highest BCUT2D eigenvalue weighted by molar-refractivity contribution is 6.53. The summed E-state index contributed by atoms with van der Waals surface area (Å²) in [6, 6.07) is 0.690. The number of carbonyl (C=O) groups is 1. The number of fused-ring (bicyclic) bond motifs is 3. The predicted molar refractivity (Wildman–Crippen MR) is 77.9 cm³/mol. The third kappa shape index (κ3) is 1.69. The lowest BCUT2D eigenvalue weighted by Gasteiger charge is -2.39. The second-order valence-corrected chi connectivity index (χ2v) is 6.03. The molecular formula is C15H18N4O. The van der Waals surface area contributed by atoms with E-state index in [-0.39, 0.29) is 5.91 Å². The van der Waals surface area contributed by atoms with Crippen LogP contribution in [0.15, 0.2) is 34.0 Å². The molecule has 0 saturated carbocycles. The summed E-state index contributed by atoms with van der Waals surface area (Å²) in [6.45, 7) is 1.95.